The Morgan fingerprint density at radius 3 is 2.88 bits per heavy atom. The third-order valence-electron chi connectivity index (χ3n) is 3.92. The zero-order chi connectivity index (χ0) is 18.0. The Kier molecular flexibility index (Phi) is 4.89. The third-order valence-corrected chi connectivity index (χ3v) is 4.58. The zero-order valence-corrected chi connectivity index (χ0v) is 15.7. The third kappa shape index (κ3) is 3.58. The van der Waals surface area contributed by atoms with E-state index in [1.807, 2.05) is 31.3 Å². The molecule has 0 bridgehead atoms. The van der Waals surface area contributed by atoms with Crippen LogP contribution in [0.5, 0.6) is 5.75 Å². The molecular weight excluding hydrogens is 386 g/mol. The first-order chi connectivity index (χ1) is 12.0. The van der Waals surface area contributed by atoms with Crippen LogP contribution in [-0.2, 0) is 13.6 Å². The van der Waals surface area contributed by atoms with Gasteiger partial charge in [-0.25, -0.2) is 0 Å². The molecule has 0 saturated heterocycles. The number of carbonyl (C=O) groups is 1. The number of aryl methyl sites for hydroxylation is 1. The molecule has 8 heteroatoms. The molecule has 0 radical (unpaired) electrons. The number of halogens is 1. The number of amides is 1. The van der Waals surface area contributed by atoms with Gasteiger partial charge in [-0.05, 0) is 34.1 Å². The number of hydrogen-bond donors (Lipinski definition) is 1. The second-order valence-corrected chi connectivity index (χ2v) is 6.48. The molecule has 0 atom stereocenters. The first-order valence-electron chi connectivity index (χ1n) is 7.61. The SMILES string of the molecule is COc1cccc(-c2cc(C(=O)N(C)Cc3c(Br)cnn3C)[nH]n2)c1. The van der Waals surface area contributed by atoms with E-state index >= 15 is 0 Å². The van der Waals surface area contributed by atoms with Crippen molar-refractivity contribution in [3.8, 4) is 17.0 Å². The molecule has 25 heavy (non-hydrogen) atoms. The number of H-pyrrole nitrogens is 1. The molecule has 3 aromatic rings. The standard InChI is InChI=1S/C17H18BrN5O2/c1-22(10-16-13(18)9-19-23(16)2)17(24)15-8-14(20-21-15)11-5-4-6-12(7-11)25-3/h4-9H,10H2,1-3H3,(H,20,21). The van der Waals surface area contributed by atoms with Gasteiger partial charge in [0.05, 0.1) is 35.7 Å². The number of methoxy groups -OCH3 is 1. The number of benzene rings is 1. The summed E-state index contributed by atoms with van der Waals surface area (Å²) in [6.07, 6.45) is 1.71. The van der Waals surface area contributed by atoms with Gasteiger partial charge in [-0.15, -0.1) is 0 Å². The lowest BCUT2D eigenvalue weighted by Crippen LogP contribution is -2.27. The maximum Gasteiger partial charge on any atom is 0.271 e. The van der Waals surface area contributed by atoms with Crippen molar-refractivity contribution in [2.45, 2.75) is 6.54 Å². The van der Waals surface area contributed by atoms with Crippen LogP contribution in [0.2, 0.25) is 0 Å². The van der Waals surface area contributed by atoms with Crippen molar-refractivity contribution < 1.29 is 9.53 Å². The summed E-state index contributed by atoms with van der Waals surface area (Å²) < 4.78 is 7.83. The average molecular weight is 404 g/mol. The number of hydrogen-bond acceptors (Lipinski definition) is 4. The van der Waals surface area contributed by atoms with E-state index in [4.69, 9.17) is 4.74 Å². The molecule has 0 fully saturated rings. The van der Waals surface area contributed by atoms with E-state index in [9.17, 15) is 4.79 Å². The summed E-state index contributed by atoms with van der Waals surface area (Å²) in [5.41, 5.74) is 2.92. The molecule has 2 aromatic heterocycles. The van der Waals surface area contributed by atoms with Gasteiger partial charge in [0.2, 0.25) is 0 Å². The second-order valence-electron chi connectivity index (χ2n) is 5.62. The van der Waals surface area contributed by atoms with E-state index in [0.29, 0.717) is 17.9 Å². The summed E-state index contributed by atoms with van der Waals surface area (Å²) >= 11 is 3.45. The second kappa shape index (κ2) is 7.10. The van der Waals surface area contributed by atoms with E-state index in [-0.39, 0.29) is 5.91 Å². The quantitative estimate of drug-likeness (QED) is 0.710. The number of carbonyl (C=O) groups excluding carboxylic acids is 1. The van der Waals surface area contributed by atoms with Gasteiger partial charge >= 0.3 is 0 Å². The van der Waals surface area contributed by atoms with E-state index in [1.165, 1.54) is 0 Å². The Bertz CT molecular complexity index is 883. The molecule has 0 unspecified atom stereocenters. The lowest BCUT2D eigenvalue weighted by Gasteiger charge is -2.16. The lowest BCUT2D eigenvalue weighted by molar-refractivity contribution is 0.0776. The molecule has 1 N–H and O–H groups in total. The summed E-state index contributed by atoms with van der Waals surface area (Å²) in [6.45, 7) is 0.434. The van der Waals surface area contributed by atoms with Crippen LogP contribution in [-0.4, -0.2) is 44.9 Å². The van der Waals surface area contributed by atoms with Gasteiger partial charge < -0.3 is 9.64 Å². The van der Waals surface area contributed by atoms with Crippen molar-refractivity contribution >= 4 is 21.8 Å². The fourth-order valence-electron chi connectivity index (χ4n) is 2.48. The van der Waals surface area contributed by atoms with E-state index in [1.54, 1.807) is 36.0 Å². The Hall–Kier alpha value is -2.61. The molecule has 0 aliphatic rings. The molecule has 0 aliphatic heterocycles. The van der Waals surface area contributed by atoms with Crippen molar-refractivity contribution in [3.05, 3.63) is 52.4 Å². The Morgan fingerprint density at radius 2 is 2.20 bits per heavy atom. The number of ether oxygens (including phenoxy) is 1. The predicted octanol–water partition coefficient (Wildman–Crippen LogP) is 2.85. The van der Waals surface area contributed by atoms with Crippen molar-refractivity contribution in [1.29, 1.82) is 0 Å². The van der Waals surface area contributed by atoms with E-state index < -0.39 is 0 Å². The highest BCUT2D eigenvalue weighted by Crippen LogP contribution is 2.23. The Labute approximate surface area is 153 Å². The maximum atomic E-state index is 12.6. The normalized spacial score (nSPS) is 10.7. The monoisotopic (exact) mass is 403 g/mol. The predicted molar refractivity (Wildman–Crippen MR) is 97.3 cm³/mol. The highest BCUT2D eigenvalue weighted by Gasteiger charge is 2.18. The first-order valence-corrected chi connectivity index (χ1v) is 8.40. The number of nitrogens with zero attached hydrogens (tertiary/aromatic N) is 4. The minimum Gasteiger partial charge on any atom is -0.497 e. The maximum absolute atomic E-state index is 12.6. The molecule has 130 valence electrons. The summed E-state index contributed by atoms with van der Waals surface area (Å²) in [4.78, 5) is 14.3. The molecule has 2 heterocycles. The van der Waals surface area contributed by atoms with Crippen LogP contribution < -0.4 is 4.74 Å². The smallest absolute Gasteiger partial charge is 0.271 e. The summed E-state index contributed by atoms with van der Waals surface area (Å²) in [5, 5.41) is 11.2. The molecule has 0 spiro atoms. The van der Waals surface area contributed by atoms with Crippen LogP contribution in [0.15, 0.2) is 41.0 Å². The largest absolute Gasteiger partial charge is 0.497 e. The fraction of sp³-hybridized carbons (Fsp3) is 0.235. The molecule has 7 nitrogen and oxygen atoms in total. The number of aromatic amines is 1. The average Bonchev–Trinajstić information content (AvgIpc) is 3.23. The summed E-state index contributed by atoms with van der Waals surface area (Å²) in [7, 11) is 5.20. The van der Waals surface area contributed by atoms with Crippen LogP contribution in [0.1, 0.15) is 16.2 Å². The van der Waals surface area contributed by atoms with Crippen LogP contribution in [0.3, 0.4) is 0 Å². The van der Waals surface area contributed by atoms with Crippen molar-refractivity contribution in [2.24, 2.45) is 7.05 Å². The van der Waals surface area contributed by atoms with Gasteiger partial charge in [-0.1, -0.05) is 12.1 Å². The van der Waals surface area contributed by atoms with Crippen LogP contribution >= 0.6 is 15.9 Å². The van der Waals surface area contributed by atoms with Crippen molar-refractivity contribution in [1.82, 2.24) is 24.9 Å². The number of nitrogens with one attached hydrogen (secondary N) is 1. The van der Waals surface area contributed by atoms with Gasteiger partial charge in [-0.3, -0.25) is 14.6 Å². The van der Waals surface area contributed by atoms with Gasteiger partial charge in [-0.2, -0.15) is 10.2 Å². The van der Waals surface area contributed by atoms with E-state index in [2.05, 4.69) is 31.2 Å². The fourth-order valence-corrected chi connectivity index (χ4v) is 2.95. The van der Waals surface area contributed by atoms with Gasteiger partial charge in [0.15, 0.2) is 0 Å². The highest BCUT2D eigenvalue weighted by molar-refractivity contribution is 9.10. The minimum absolute atomic E-state index is 0.144. The minimum atomic E-state index is -0.144. The summed E-state index contributed by atoms with van der Waals surface area (Å²) in [5.74, 6) is 0.598. The van der Waals surface area contributed by atoms with Crippen molar-refractivity contribution in [2.75, 3.05) is 14.2 Å². The first kappa shape index (κ1) is 17.2. The Morgan fingerprint density at radius 1 is 1.40 bits per heavy atom. The highest BCUT2D eigenvalue weighted by atomic mass is 79.9. The lowest BCUT2D eigenvalue weighted by atomic mass is 10.1. The molecule has 0 aliphatic carbocycles. The number of aromatic nitrogens is 4. The topological polar surface area (TPSA) is 76.0 Å². The van der Waals surface area contributed by atoms with Crippen LogP contribution in [0.4, 0.5) is 0 Å². The van der Waals surface area contributed by atoms with Crippen LogP contribution in [0, 0.1) is 0 Å². The molecule has 0 saturated carbocycles. The molecule has 1 aromatic carbocycles. The molecular formula is C17H18BrN5O2. The van der Waals surface area contributed by atoms with Crippen LogP contribution in [0.25, 0.3) is 11.3 Å². The van der Waals surface area contributed by atoms with Gasteiger partial charge in [0, 0.05) is 19.7 Å². The number of rotatable bonds is 5. The van der Waals surface area contributed by atoms with Gasteiger partial charge in [0.25, 0.3) is 5.91 Å². The van der Waals surface area contributed by atoms with E-state index in [0.717, 1.165) is 21.5 Å². The Balaban J connectivity index is 1.78. The zero-order valence-electron chi connectivity index (χ0n) is 14.2. The summed E-state index contributed by atoms with van der Waals surface area (Å²) in [6, 6.07) is 9.29. The molecule has 1 amide bonds. The molecule has 3 rings (SSSR count). The van der Waals surface area contributed by atoms with Gasteiger partial charge in [0.1, 0.15) is 11.4 Å². The van der Waals surface area contributed by atoms with Crippen molar-refractivity contribution in [3.63, 3.8) is 0 Å².